The SMILES string of the molecule is COC(=O)C(Cc1ccccc1)C(C(=O)C(C)(/N=C/c1ccccc1)C(=O)OC(C)(C)C)C(F)F. The van der Waals surface area contributed by atoms with Crippen LogP contribution in [0.4, 0.5) is 8.78 Å². The molecule has 0 spiro atoms. The van der Waals surface area contributed by atoms with Gasteiger partial charge in [0.25, 0.3) is 0 Å². The fourth-order valence-electron chi connectivity index (χ4n) is 3.51. The summed E-state index contributed by atoms with van der Waals surface area (Å²) >= 11 is 0. The van der Waals surface area contributed by atoms with Crippen LogP contribution in [-0.2, 0) is 30.3 Å². The number of aliphatic imine (C=N–C) groups is 1. The molecule has 6 nitrogen and oxygen atoms in total. The second kappa shape index (κ2) is 11.8. The number of ether oxygens (including phenoxy) is 2. The Morgan fingerprint density at radius 3 is 1.97 bits per heavy atom. The molecule has 0 heterocycles. The normalized spacial score (nSPS) is 15.3. The number of hydrogen-bond donors (Lipinski definition) is 0. The van der Waals surface area contributed by atoms with Crippen molar-refractivity contribution in [2.24, 2.45) is 16.8 Å². The van der Waals surface area contributed by atoms with Crippen molar-refractivity contribution in [2.75, 3.05) is 7.11 Å². The van der Waals surface area contributed by atoms with E-state index in [0.29, 0.717) is 11.1 Å². The maximum atomic E-state index is 14.5. The summed E-state index contributed by atoms with van der Waals surface area (Å²) in [6, 6.07) is 17.0. The van der Waals surface area contributed by atoms with Gasteiger partial charge < -0.3 is 9.47 Å². The molecule has 0 bridgehead atoms. The van der Waals surface area contributed by atoms with Gasteiger partial charge in [-0.25, -0.2) is 13.6 Å². The molecule has 2 rings (SSSR count). The van der Waals surface area contributed by atoms with Crippen LogP contribution in [0.25, 0.3) is 0 Å². The Morgan fingerprint density at radius 1 is 0.943 bits per heavy atom. The first-order chi connectivity index (χ1) is 16.4. The van der Waals surface area contributed by atoms with Gasteiger partial charge >= 0.3 is 11.9 Å². The van der Waals surface area contributed by atoms with Crippen LogP contribution < -0.4 is 0 Å². The van der Waals surface area contributed by atoms with Crippen LogP contribution in [0.2, 0.25) is 0 Å². The molecule has 2 aromatic rings. The monoisotopic (exact) mass is 487 g/mol. The average molecular weight is 488 g/mol. The van der Waals surface area contributed by atoms with E-state index in [2.05, 4.69) is 4.99 Å². The number of nitrogens with zero attached hydrogens (tertiary/aromatic N) is 1. The van der Waals surface area contributed by atoms with Crippen molar-refractivity contribution in [1.29, 1.82) is 0 Å². The molecule has 0 aliphatic carbocycles. The third-order valence-electron chi connectivity index (χ3n) is 5.36. The molecule has 0 aromatic heterocycles. The molecule has 0 saturated heterocycles. The summed E-state index contributed by atoms with van der Waals surface area (Å²) in [6.45, 7) is 5.91. The van der Waals surface area contributed by atoms with E-state index in [1.54, 1.807) is 81.4 Å². The second-order valence-corrected chi connectivity index (χ2v) is 9.29. The Labute approximate surface area is 204 Å². The third-order valence-corrected chi connectivity index (χ3v) is 5.36. The van der Waals surface area contributed by atoms with E-state index >= 15 is 0 Å². The molecule has 35 heavy (non-hydrogen) atoms. The zero-order valence-electron chi connectivity index (χ0n) is 20.5. The minimum Gasteiger partial charge on any atom is -0.469 e. The lowest BCUT2D eigenvalue weighted by molar-refractivity contribution is -0.167. The summed E-state index contributed by atoms with van der Waals surface area (Å²) in [4.78, 5) is 43.6. The van der Waals surface area contributed by atoms with Crippen molar-refractivity contribution < 1.29 is 32.6 Å². The Hall–Kier alpha value is -3.42. The molecule has 0 aliphatic heterocycles. The van der Waals surface area contributed by atoms with Gasteiger partial charge in [-0.1, -0.05) is 60.7 Å². The average Bonchev–Trinajstić information content (AvgIpc) is 2.81. The maximum absolute atomic E-state index is 14.5. The molecule has 8 heteroatoms. The van der Waals surface area contributed by atoms with Crippen LogP contribution in [0, 0.1) is 11.8 Å². The lowest BCUT2D eigenvalue weighted by Gasteiger charge is -2.32. The summed E-state index contributed by atoms with van der Waals surface area (Å²) in [5.74, 6) is -6.99. The number of Topliss-reactive ketones (excluding diaryl/α,β-unsaturated/α-hetero) is 1. The van der Waals surface area contributed by atoms with Crippen LogP contribution in [-0.4, -0.2) is 48.6 Å². The molecule has 0 amide bonds. The number of alkyl halides is 2. The minimum atomic E-state index is -3.26. The standard InChI is InChI=1S/C27H31F2NO5/c1-26(2,3)35-25(33)27(4,30-17-19-14-10-7-11-15-19)22(31)21(23(28)29)20(24(32)34-5)16-18-12-8-6-9-13-18/h6-15,17,20-21,23H,16H2,1-5H3/b30-17+. The first-order valence-electron chi connectivity index (χ1n) is 11.2. The number of benzene rings is 2. The molecule has 0 saturated carbocycles. The summed E-state index contributed by atoms with van der Waals surface area (Å²) in [5.41, 5.74) is -2.22. The minimum absolute atomic E-state index is 0.180. The quantitative estimate of drug-likeness (QED) is 0.276. The van der Waals surface area contributed by atoms with Crippen LogP contribution in [0.5, 0.6) is 0 Å². The zero-order chi connectivity index (χ0) is 26.2. The lowest BCUT2D eigenvalue weighted by Crippen LogP contribution is -2.53. The number of carbonyl (C=O) groups is 3. The Morgan fingerprint density at radius 2 is 1.49 bits per heavy atom. The van der Waals surface area contributed by atoms with Crippen molar-refractivity contribution in [2.45, 2.75) is 51.7 Å². The number of hydrogen-bond acceptors (Lipinski definition) is 6. The van der Waals surface area contributed by atoms with Gasteiger partial charge in [0.05, 0.1) is 18.9 Å². The van der Waals surface area contributed by atoms with Gasteiger partial charge in [-0.2, -0.15) is 0 Å². The van der Waals surface area contributed by atoms with Gasteiger partial charge in [0.15, 0.2) is 5.78 Å². The largest absolute Gasteiger partial charge is 0.469 e. The highest BCUT2D eigenvalue weighted by Gasteiger charge is 2.53. The Kier molecular flexibility index (Phi) is 9.40. The number of ketones is 1. The summed E-state index contributed by atoms with van der Waals surface area (Å²) in [5, 5.41) is 0. The summed E-state index contributed by atoms with van der Waals surface area (Å²) in [6.07, 6.45) is -2.18. The van der Waals surface area contributed by atoms with Gasteiger partial charge in [0.2, 0.25) is 12.0 Å². The van der Waals surface area contributed by atoms with Crippen LogP contribution in [0.15, 0.2) is 65.7 Å². The van der Waals surface area contributed by atoms with Gasteiger partial charge in [0, 0.05) is 6.21 Å². The molecule has 0 aliphatic rings. The summed E-state index contributed by atoms with van der Waals surface area (Å²) < 4.78 is 39.1. The predicted molar refractivity (Wildman–Crippen MR) is 128 cm³/mol. The van der Waals surface area contributed by atoms with Gasteiger partial charge in [0.1, 0.15) is 5.60 Å². The van der Waals surface area contributed by atoms with E-state index < -0.39 is 47.1 Å². The molecule has 0 N–H and O–H groups in total. The van der Waals surface area contributed by atoms with Crippen molar-refractivity contribution >= 4 is 23.9 Å². The number of halogens is 2. The highest BCUT2D eigenvalue weighted by molar-refractivity contribution is 6.11. The van der Waals surface area contributed by atoms with E-state index in [9.17, 15) is 23.2 Å². The summed E-state index contributed by atoms with van der Waals surface area (Å²) in [7, 11) is 1.06. The third kappa shape index (κ3) is 7.53. The highest BCUT2D eigenvalue weighted by Crippen LogP contribution is 2.33. The van der Waals surface area contributed by atoms with Crippen LogP contribution in [0.1, 0.15) is 38.8 Å². The maximum Gasteiger partial charge on any atom is 0.342 e. The van der Waals surface area contributed by atoms with E-state index in [1.807, 2.05) is 0 Å². The van der Waals surface area contributed by atoms with Crippen molar-refractivity contribution in [3.05, 3.63) is 71.8 Å². The van der Waals surface area contributed by atoms with Crippen molar-refractivity contribution in [1.82, 2.24) is 0 Å². The van der Waals surface area contributed by atoms with Crippen molar-refractivity contribution in [3.8, 4) is 0 Å². The fraction of sp³-hybridized carbons (Fsp3) is 0.407. The van der Waals surface area contributed by atoms with E-state index in [1.165, 1.54) is 6.21 Å². The van der Waals surface area contributed by atoms with Crippen molar-refractivity contribution in [3.63, 3.8) is 0 Å². The lowest BCUT2D eigenvalue weighted by atomic mass is 9.77. The van der Waals surface area contributed by atoms with Gasteiger partial charge in [-0.3, -0.25) is 14.6 Å². The molecular formula is C27H31F2NO5. The number of esters is 2. The Bertz CT molecular complexity index is 1030. The van der Waals surface area contributed by atoms with E-state index in [-0.39, 0.29) is 6.42 Å². The van der Waals surface area contributed by atoms with Gasteiger partial charge in [-0.15, -0.1) is 0 Å². The number of carbonyl (C=O) groups excluding carboxylic acids is 3. The highest BCUT2D eigenvalue weighted by atomic mass is 19.3. The zero-order valence-corrected chi connectivity index (χ0v) is 20.5. The van der Waals surface area contributed by atoms with E-state index in [0.717, 1.165) is 14.0 Å². The molecule has 2 aromatic carbocycles. The first kappa shape index (κ1) is 27.8. The molecular weight excluding hydrogens is 456 g/mol. The number of methoxy groups -OCH3 is 1. The Balaban J connectivity index is 2.57. The molecule has 3 unspecified atom stereocenters. The molecule has 3 atom stereocenters. The van der Waals surface area contributed by atoms with Crippen LogP contribution in [0.3, 0.4) is 0 Å². The molecule has 188 valence electrons. The fourth-order valence-corrected chi connectivity index (χ4v) is 3.51. The predicted octanol–water partition coefficient (Wildman–Crippen LogP) is 4.69. The van der Waals surface area contributed by atoms with Crippen LogP contribution >= 0.6 is 0 Å². The smallest absolute Gasteiger partial charge is 0.342 e. The van der Waals surface area contributed by atoms with E-state index in [4.69, 9.17) is 9.47 Å². The number of rotatable bonds is 10. The topological polar surface area (TPSA) is 82.0 Å². The molecule has 0 fully saturated rings. The second-order valence-electron chi connectivity index (χ2n) is 9.29. The van der Waals surface area contributed by atoms with Gasteiger partial charge in [-0.05, 0) is 45.2 Å². The molecule has 0 radical (unpaired) electrons. The first-order valence-corrected chi connectivity index (χ1v) is 11.2.